The van der Waals surface area contributed by atoms with Gasteiger partial charge in [0.05, 0.1) is 29.3 Å². The Morgan fingerprint density at radius 1 is 1.41 bits per heavy atom. The van der Waals surface area contributed by atoms with E-state index in [-0.39, 0.29) is 18.1 Å². The maximum Gasteiger partial charge on any atom is 0.338 e. The number of carbonyl (C=O) groups excluding carboxylic acids is 1. The number of aliphatic hydroxyl groups is 1. The Bertz CT molecular complexity index is 687. The fourth-order valence-electron chi connectivity index (χ4n) is 3.15. The van der Waals surface area contributed by atoms with Crippen LogP contribution < -0.4 is 5.73 Å². The number of aromatic nitrogens is 2. The number of rotatable bonds is 3. The lowest BCUT2D eigenvalue weighted by atomic mass is 9.93. The van der Waals surface area contributed by atoms with E-state index in [1.165, 1.54) is 0 Å². The number of esters is 1. The molecule has 6 heteroatoms. The number of fused-ring (bicyclic) bond motifs is 1. The largest absolute Gasteiger partial charge is 0.462 e. The van der Waals surface area contributed by atoms with Gasteiger partial charge in [0.15, 0.2) is 0 Å². The molecular formula is C16H21N3O3. The van der Waals surface area contributed by atoms with Gasteiger partial charge in [-0.05, 0) is 50.8 Å². The molecule has 0 atom stereocenters. The summed E-state index contributed by atoms with van der Waals surface area (Å²) < 4.78 is 7.04. The van der Waals surface area contributed by atoms with Gasteiger partial charge in [-0.15, -0.1) is 0 Å². The Morgan fingerprint density at radius 2 is 2.14 bits per heavy atom. The maximum atomic E-state index is 11.9. The van der Waals surface area contributed by atoms with Crippen LogP contribution in [-0.2, 0) is 4.74 Å². The number of nitrogens with zero attached hydrogens (tertiary/aromatic N) is 2. The number of benzene rings is 1. The lowest BCUT2D eigenvalue weighted by molar-refractivity contribution is 0.0526. The van der Waals surface area contributed by atoms with Crippen LogP contribution in [0.1, 0.15) is 49.0 Å². The summed E-state index contributed by atoms with van der Waals surface area (Å²) in [5, 5.41) is 9.67. The van der Waals surface area contributed by atoms with E-state index in [9.17, 15) is 9.90 Å². The van der Waals surface area contributed by atoms with Crippen molar-refractivity contribution >= 4 is 23.0 Å². The number of imidazole rings is 1. The van der Waals surface area contributed by atoms with Crippen molar-refractivity contribution in [2.45, 2.75) is 44.8 Å². The Labute approximate surface area is 128 Å². The van der Waals surface area contributed by atoms with E-state index in [1.807, 2.05) is 4.57 Å². The first-order chi connectivity index (χ1) is 10.6. The van der Waals surface area contributed by atoms with Crippen molar-refractivity contribution < 1.29 is 14.6 Å². The normalized spacial score (nSPS) is 21.9. The van der Waals surface area contributed by atoms with Crippen molar-refractivity contribution in [3.8, 4) is 0 Å². The number of carbonyl (C=O) groups is 1. The molecule has 0 radical (unpaired) electrons. The van der Waals surface area contributed by atoms with E-state index in [4.69, 9.17) is 10.5 Å². The molecule has 1 aliphatic carbocycles. The van der Waals surface area contributed by atoms with Crippen LogP contribution in [-0.4, -0.2) is 33.3 Å². The molecule has 1 aromatic carbocycles. The third kappa shape index (κ3) is 2.66. The number of nitrogen functional groups attached to an aromatic ring is 1. The second kappa shape index (κ2) is 5.96. The second-order valence-corrected chi connectivity index (χ2v) is 5.73. The summed E-state index contributed by atoms with van der Waals surface area (Å²) in [6.45, 7) is 2.13. The Morgan fingerprint density at radius 3 is 2.82 bits per heavy atom. The van der Waals surface area contributed by atoms with Gasteiger partial charge < -0.3 is 20.1 Å². The molecule has 1 aliphatic rings. The summed E-state index contributed by atoms with van der Waals surface area (Å²) in [7, 11) is 0. The number of hydrogen-bond donors (Lipinski definition) is 2. The van der Waals surface area contributed by atoms with E-state index < -0.39 is 0 Å². The van der Waals surface area contributed by atoms with Crippen LogP contribution in [0.15, 0.2) is 18.2 Å². The van der Waals surface area contributed by atoms with Gasteiger partial charge in [-0.1, -0.05) is 0 Å². The molecule has 22 heavy (non-hydrogen) atoms. The molecule has 1 heterocycles. The summed E-state index contributed by atoms with van der Waals surface area (Å²) in [5.41, 5.74) is 8.21. The Balaban J connectivity index is 1.99. The first kappa shape index (κ1) is 14.8. The zero-order valence-corrected chi connectivity index (χ0v) is 12.7. The molecule has 0 spiro atoms. The minimum Gasteiger partial charge on any atom is -0.462 e. The maximum absolute atomic E-state index is 11.9. The third-order valence-corrected chi connectivity index (χ3v) is 4.26. The molecule has 0 aliphatic heterocycles. The first-order valence-corrected chi connectivity index (χ1v) is 7.72. The Kier molecular flexibility index (Phi) is 4.02. The molecule has 3 N–H and O–H groups in total. The van der Waals surface area contributed by atoms with E-state index in [2.05, 4.69) is 4.98 Å². The van der Waals surface area contributed by atoms with Crippen LogP contribution >= 0.6 is 0 Å². The SMILES string of the molecule is CCOC(=O)c1ccc2nc(N)n(C3CCC(O)CC3)c2c1. The quantitative estimate of drug-likeness (QED) is 0.849. The molecule has 1 fully saturated rings. The van der Waals surface area contributed by atoms with Gasteiger partial charge in [-0.2, -0.15) is 0 Å². The Hall–Kier alpha value is -2.08. The lowest BCUT2D eigenvalue weighted by Gasteiger charge is -2.27. The number of hydrogen-bond acceptors (Lipinski definition) is 5. The number of aliphatic hydroxyl groups excluding tert-OH is 1. The molecule has 118 valence electrons. The molecule has 1 saturated carbocycles. The molecule has 6 nitrogen and oxygen atoms in total. The van der Waals surface area contributed by atoms with Crippen molar-refractivity contribution in [3.05, 3.63) is 23.8 Å². The number of ether oxygens (including phenoxy) is 1. The van der Waals surface area contributed by atoms with Gasteiger partial charge in [0.2, 0.25) is 5.95 Å². The van der Waals surface area contributed by atoms with Crippen molar-refractivity contribution in [1.29, 1.82) is 0 Å². The molecule has 1 aromatic heterocycles. The van der Waals surface area contributed by atoms with Gasteiger partial charge in [-0.25, -0.2) is 9.78 Å². The highest BCUT2D eigenvalue weighted by atomic mass is 16.5. The van der Waals surface area contributed by atoms with Crippen LogP contribution in [0.4, 0.5) is 5.95 Å². The first-order valence-electron chi connectivity index (χ1n) is 7.72. The predicted molar refractivity (Wildman–Crippen MR) is 83.6 cm³/mol. The van der Waals surface area contributed by atoms with Gasteiger partial charge >= 0.3 is 5.97 Å². The summed E-state index contributed by atoms with van der Waals surface area (Å²) in [5.74, 6) is 0.118. The summed E-state index contributed by atoms with van der Waals surface area (Å²) >= 11 is 0. The monoisotopic (exact) mass is 303 g/mol. The van der Waals surface area contributed by atoms with Gasteiger partial charge in [0.1, 0.15) is 0 Å². The van der Waals surface area contributed by atoms with Gasteiger partial charge in [-0.3, -0.25) is 0 Å². The minimum absolute atomic E-state index is 0.214. The number of anilines is 1. The highest BCUT2D eigenvalue weighted by Crippen LogP contribution is 2.33. The molecule has 0 bridgehead atoms. The zero-order valence-electron chi connectivity index (χ0n) is 12.7. The van der Waals surface area contributed by atoms with Crippen molar-refractivity contribution in [2.75, 3.05) is 12.3 Å². The van der Waals surface area contributed by atoms with E-state index in [0.717, 1.165) is 36.7 Å². The molecule has 2 aromatic rings. The molecule has 0 unspecified atom stereocenters. The average Bonchev–Trinajstić information content (AvgIpc) is 2.83. The highest BCUT2D eigenvalue weighted by Gasteiger charge is 2.24. The van der Waals surface area contributed by atoms with Crippen LogP contribution in [0.2, 0.25) is 0 Å². The average molecular weight is 303 g/mol. The summed E-state index contributed by atoms with van der Waals surface area (Å²) in [6, 6.07) is 5.51. The minimum atomic E-state index is -0.338. The van der Waals surface area contributed by atoms with E-state index >= 15 is 0 Å². The van der Waals surface area contributed by atoms with Gasteiger partial charge in [0, 0.05) is 6.04 Å². The molecule has 0 saturated heterocycles. The lowest BCUT2D eigenvalue weighted by Crippen LogP contribution is -2.22. The van der Waals surface area contributed by atoms with Crippen molar-refractivity contribution in [3.63, 3.8) is 0 Å². The smallest absolute Gasteiger partial charge is 0.338 e. The predicted octanol–water partition coefficient (Wildman–Crippen LogP) is 2.27. The summed E-state index contributed by atoms with van der Waals surface area (Å²) in [6.07, 6.45) is 3.03. The van der Waals surface area contributed by atoms with Crippen LogP contribution in [0, 0.1) is 0 Å². The van der Waals surface area contributed by atoms with Crippen molar-refractivity contribution in [1.82, 2.24) is 9.55 Å². The fourth-order valence-corrected chi connectivity index (χ4v) is 3.15. The van der Waals surface area contributed by atoms with Crippen molar-refractivity contribution in [2.24, 2.45) is 0 Å². The standard InChI is InChI=1S/C16H21N3O3/c1-2-22-15(21)10-3-8-13-14(9-10)19(16(17)18-13)11-4-6-12(20)7-5-11/h3,8-9,11-12,20H,2,4-7H2,1H3,(H2,17,18). The molecule has 0 amide bonds. The fraction of sp³-hybridized carbons (Fsp3) is 0.500. The number of nitrogens with two attached hydrogens (primary N) is 1. The third-order valence-electron chi connectivity index (χ3n) is 4.26. The van der Waals surface area contributed by atoms with Gasteiger partial charge in [0.25, 0.3) is 0 Å². The molecular weight excluding hydrogens is 282 g/mol. The molecule has 3 rings (SSSR count). The van der Waals surface area contributed by atoms with Crippen LogP contribution in [0.3, 0.4) is 0 Å². The summed E-state index contributed by atoms with van der Waals surface area (Å²) in [4.78, 5) is 16.3. The highest BCUT2D eigenvalue weighted by molar-refractivity contribution is 5.94. The second-order valence-electron chi connectivity index (χ2n) is 5.73. The van der Waals surface area contributed by atoms with Crippen LogP contribution in [0.5, 0.6) is 0 Å². The van der Waals surface area contributed by atoms with E-state index in [1.54, 1.807) is 25.1 Å². The van der Waals surface area contributed by atoms with E-state index in [0.29, 0.717) is 18.1 Å². The topological polar surface area (TPSA) is 90.4 Å². The zero-order chi connectivity index (χ0) is 15.7. The van der Waals surface area contributed by atoms with Crippen LogP contribution in [0.25, 0.3) is 11.0 Å².